The summed E-state index contributed by atoms with van der Waals surface area (Å²) in [5.74, 6) is 3.12. The molecule has 2 fully saturated rings. The van der Waals surface area contributed by atoms with Crippen LogP contribution >= 0.6 is 0 Å². The van der Waals surface area contributed by atoms with Crippen molar-refractivity contribution >= 4 is 0 Å². The van der Waals surface area contributed by atoms with Crippen LogP contribution in [0.5, 0.6) is 0 Å². The average molecular weight is 226 g/mol. The van der Waals surface area contributed by atoms with Gasteiger partial charge in [-0.2, -0.15) is 0 Å². The topological polar surface area (TPSA) is 33.3 Å². The highest BCUT2D eigenvalue weighted by Gasteiger charge is 2.38. The van der Waals surface area contributed by atoms with E-state index in [4.69, 9.17) is 4.74 Å². The van der Waals surface area contributed by atoms with Gasteiger partial charge in [-0.05, 0) is 43.6 Å². The van der Waals surface area contributed by atoms with Gasteiger partial charge >= 0.3 is 0 Å². The van der Waals surface area contributed by atoms with Crippen LogP contribution < -0.4 is 10.6 Å². The Hall–Kier alpha value is -0.120. The zero-order valence-electron chi connectivity index (χ0n) is 10.5. The van der Waals surface area contributed by atoms with Gasteiger partial charge in [0.05, 0.1) is 6.61 Å². The lowest BCUT2D eigenvalue weighted by Gasteiger charge is -2.21. The summed E-state index contributed by atoms with van der Waals surface area (Å²) in [6, 6.07) is 0. The maximum Gasteiger partial charge on any atom is 0.0587 e. The van der Waals surface area contributed by atoms with Crippen LogP contribution in [0.3, 0.4) is 0 Å². The smallest absolute Gasteiger partial charge is 0.0587 e. The van der Waals surface area contributed by atoms with Crippen molar-refractivity contribution < 1.29 is 4.74 Å². The van der Waals surface area contributed by atoms with Gasteiger partial charge in [-0.1, -0.05) is 6.42 Å². The Morgan fingerprint density at radius 2 is 1.94 bits per heavy atom. The third-order valence-electron chi connectivity index (χ3n) is 4.25. The molecule has 2 bridgehead atoms. The van der Waals surface area contributed by atoms with E-state index in [2.05, 4.69) is 10.6 Å². The first kappa shape index (κ1) is 12.3. The van der Waals surface area contributed by atoms with Gasteiger partial charge in [0.25, 0.3) is 0 Å². The van der Waals surface area contributed by atoms with Crippen molar-refractivity contribution in [3.63, 3.8) is 0 Å². The fourth-order valence-electron chi connectivity index (χ4n) is 3.39. The highest BCUT2D eigenvalue weighted by atomic mass is 16.5. The summed E-state index contributed by atoms with van der Waals surface area (Å²) >= 11 is 0. The van der Waals surface area contributed by atoms with Crippen molar-refractivity contribution in [1.82, 2.24) is 10.6 Å². The Balaban J connectivity index is 1.43. The van der Waals surface area contributed by atoms with E-state index in [9.17, 15) is 0 Å². The Kier molecular flexibility index (Phi) is 5.07. The molecule has 0 aromatic rings. The monoisotopic (exact) mass is 226 g/mol. The van der Waals surface area contributed by atoms with Gasteiger partial charge in [-0.15, -0.1) is 0 Å². The second-order valence-corrected chi connectivity index (χ2v) is 5.38. The van der Waals surface area contributed by atoms with Crippen LogP contribution in [-0.4, -0.2) is 39.9 Å². The van der Waals surface area contributed by atoms with E-state index in [0.29, 0.717) is 0 Å². The van der Waals surface area contributed by atoms with Crippen molar-refractivity contribution in [2.45, 2.75) is 25.7 Å². The normalized spacial score (nSPS) is 32.4. The Morgan fingerprint density at radius 3 is 2.62 bits per heavy atom. The van der Waals surface area contributed by atoms with E-state index >= 15 is 0 Å². The van der Waals surface area contributed by atoms with Crippen molar-refractivity contribution in [2.75, 3.05) is 39.9 Å². The van der Waals surface area contributed by atoms with Gasteiger partial charge < -0.3 is 15.4 Å². The SMILES string of the molecule is COCCNCCNCC1CC2CCC1C2. The van der Waals surface area contributed by atoms with Gasteiger partial charge in [0.1, 0.15) is 0 Å². The number of fused-ring (bicyclic) bond motifs is 2. The van der Waals surface area contributed by atoms with Crippen LogP contribution in [0.25, 0.3) is 0 Å². The van der Waals surface area contributed by atoms with Gasteiger partial charge in [-0.25, -0.2) is 0 Å². The van der Waals surface area contributed by atoms with Crippen LogP contribution in [0.1, 0.15) is 25.7 Å². The molecule has 0 amide bonds. The molecule has 0 aliphatic heterocycles. The van der Waals surface area contributed by atoms with E-state index in [0.717, 1.165) is 44.0 Å². The molecule has 2 N–H and O–H groups in total. The summed E-state index contributed by atoms with van der Waals surface area (Å²) in [4.78, 5) is 0. The summed E-state index contributed by atoms with van der Waals surface area (Å²) in [6.45, 7) is 5.17. The number of hydrogen-bond acceptors (Lipinski definition) is 3. The molecule has 16 heavy (non-hydrogen) atoms. The first-order valence-electron chi connectivity index (χ1n) is 6.80. The molecular weight excluding hydrogens is 200 g/mol. The molecule has 3 atom stereocenters. The standard InChI is InChI=1S/C13H26N2O/c1-16-7-6-14-4-5-15-10-13-9-11-2-3-12(13)8-11/h11-15H,2-10H2,1H3. The van der Waals surface area contributed by atoms with Crippen molar-refractivity contribution in [2.24, 2.45) is 17.8 Å². The first-order chi connectivity index (χ1) is 7.90. The summed E-state index contributed by atoms with van der Waals surface area (Å²) < 4.78 is 4.98. The van der Waals surface area contributed by atoms with Crippen molar-refractivity contribution in [1.29, 1.82) is 0 Å². The minimum atomic E-state index is 0.812. The Labute approximate surface area is 99.3 Å². The fraction of sp³-hybridized carbons (Fsp3) is 1.00. The molecule has 3 heteroatoms. The molecule has 2 aliphatic carbocycles. The Bertz CT molecular complexity index is 198. The molecule has 0 aromatic heterocycles. The number of hydrogen-bond donors (Lipinski definition) is 2. The van der Waals surface area contributed by atoms with E-state index in [1.807, 2.05) is 0 Å². The fourth-order valence-corrected chi connectivity index (χ4v) is 3.39. The molecule has 3 nitrogen and oxygen atoms in total. The van der Waals surface area contributed by atoms with E-state index in [-0.39, 0.29) is 0 Å². The van der Waals surface area contributed by atoms with Crippen molar-refractivity contribution in [3.8, 4) is 0 Å². The van der Waals surface area contributed by atoms with E-state index < -0.39 is 0 Å². The van der Waals surface area contributed by atoms with Crippen molar-refractivity contribution in [3.05, 3.63) is 0 Å². The van der Waals surface area contributed by atoms with Gasteiger partial charge in [0, 0.05) is 26.7 Å². The molecule has 0 aromatic carbocycles. The Morgan fingerprint density at radius 1 is 1.06 bits per heavy atom. The number of ether oxygens (including phenoxy) is 1. The lowest BCUT2D eigenvalue weighted by Crippen LogP contribution is -2.33. The minimum Gasteiger partial charge on any atom is -0.383 e. The molecule has 3 unspecified atom stereocenters. The first-order valence-corrected chi connectivity index (χ1v) is 6.80. The predicted molar refractivity (Wildman–Crippen MR) is 66.6 cm³/mol. The summed E-state index contributed by atoms with van der Waals surface area (Å²) in [6.07, 6.45) is 6.04. The maximum absolute atomic E-state index is 4.98. The number of nitrogens with one attached hydrogen (secondary N) is 2. The molecule has 0 heterocycles. The van der Waals surface area contributed by atoms with Gasteiger partial charge in [0.2, 0.25) is 0 Å². The number of methoxy groups -OCH3 is 1. The lowest BCUT2D eigenvalue weighted by molar-refractivity contribution is 0.199. The van der Waals surface area contributed by atoms with E-state index in [1.54, 1.807) is 7.11 Å². The highest BCUT2D eigenvalue weighted by Crippen LogP contribution is 2.47. The summed E-state index contributed by atoms with van der Waals surface area (Å²) in [7, 11) is 1.75. The van der Waals surface area contributed by atoms with Crippen LogP contribution in [0.2, 0.25) is 0 Å². The van der Waals surface area contributed by atoms with Gasteiger partial charge in [0.15, 0.2) is 0 Å². The third kappa shape index (κ3) is 3.44. The molecular formula is C13H26N2O. The second kappa shape index (κ2) is 6.58. The zero-order chi connectivity index (χ0) is 11.2. The maximum atomic E-state index is 4.98. The molecule has 0 radical (unpaired) electrons. The molecule has 2 aliphatic rings. The summed E-state index contributed by atoms with van der Waals surface area (Å²) in [5.41, 5.74) is 0. The third-order valence-corrected chi connectivity index (χ3v) is 4.25. The van der Waals surface area contributed by atoms with Crippen LogP contribution in [0, 0.1) is 17.8 Å². The number of rotatable bonds is 8. The summed E-state index contributed by atoms with van der Waals surface area (Å²) in [5, 5.41) is 6.94. The molecule has 94 valence electrons. The second-order valence-electron chi connectivity index (χ2n) is 5.38. The zero-order valence-corrected chi connectivity index (χ0v) is 10.5. The quantitative estimate of drug-likeness (QED) is 0.611. The van der Waals surface area contributed by atoms with Gasteiger partial charge in [-0.3, -0.25) is 0 Å². The molecule has 2 saturated carbocycles. The highest BCUT2D eigenvalue weighted by molar-refractivity contribution is 4.90. The van der Waals surface area contributed by atoms with Crippen LogP contribution in [-0.2, 0) is 4.74 Å². The van der Waals surface area contributed by atoms with Crippen LogP contribution in [0.4, 0.5) is 0 Å². The largest absolute Gasteiger partial charge is 0.383 e. The molecule has 0 spiro atoms. The van der Waals surface area contributed by atoms with E-state index in [1.165, 1.54) is 32.2 Å². The van der Waals surface area contributed by atoms with Crippen LogP contribution in [0.15, 0.2) is 0 Å². The minimum absolute atomic E-state index is 0.812. The lowest BCUT2D eigenvalue weighted by atomic mass is 9.89. The average Bonchev–Trinajstić information content (AvgIpc) is 2.90. The molecule has 2 rings (SSSR count). The predicted octanol–water partition coefficient (Wildman–Crippen LogP) is 1.25. The molecule has 0 saturated heterocycles.